The number of aromatic nitrogens is 2. The van der Waals surface area contributed by atoms with Gasteiger partial charge >= 0.3 is 0 Å². The van der Waals surface area contributed by atoms with Crippen LogP contribution in [-0.2, 0) is 16.1 Å². The van der Waals surface area contributed by atoms with Gasteiger partial charge in [0.25, 0.3) is 5.91 Å². The Morgan fingerprint density at radius 1 is 1.13 bits per heavy atom. The van der Waals surface area contributed by atoms with Crippen molar-refractivity contribution in [2.75, 3.05) is 38.5 Å². The molecule has 8 nitrogen and oxygen atoms in total. The van der Waals surface area contributed by atoms with Crippen molar-refractivity contribution in [3.8, 4) is 11.5 Å². The lowest BCUT2D eigenvalue weighted by molar-refractivity contribution is -0.145. The minimum Gasteiger partial charge on any atom is -0.485 e. The number of piperazine rings is 1. The van der Waals surface area contributed by atoms with Gasteiger partial charge in [0.1, 0.15) is 6.61 Å². The first-order chi connectivity index (χ1) is 14.7. The molecule has 2 amide bonds. The molecule has 0 N–H and O–H groups in total. The van der Waals surface area contributed by atoms with Crippen LogP contribution in [0.2, 0.25) is 0 Å². The topological polar surface area (TPSA) is 76.9 Å². The van der Waals surface area contributed by atoms with E-state index in [0.717, 1.165) is 18.1 Å². The number of nitrogens with zero attached hydrogens (tertiary/aromatic N) is 4. The molecule has 1 unspecified atom stereocenters. The van der Waals surface area contributed by atoms with Gasteiger partial charge in [0.15, 0.2) is 16.7 Å². The van der Waals surface area contributed by atoms with Crippen molar-refractivity contribution in [2.24, 2.45) is 0 Å². The lowest BCUT2D eigenvalue weighted by atomic mass is 10.2. The number of carbonyl (C=O) groups is 2. The second-order valence-corrected chi connectivity index (χ2v) is 8.20. The van der Waals surface area contributed by atoms with Gasteiger partial charge in [0.05, 0.1) is 5.75 Å². The molecule has 2 aliphatic heterocycles. The number of amides is 2. The van der Waals surface area contributed by atoms with Crippen LogP contribution in [0.1, 0.15) is 13.3 Å². The predicted octanol–water partition coefficient (Wildman–Crippen LogP) is 1.90. The van der Waals surface area contributed by atoms with Crippen molar-refractivity contribution < 1.29 is 19.1 Å². The van der Waals surface area contributed by atoms with Crippen molar-refractivity contribution >= 4 is 23.6 Å². The molecule has 160 valence electrons. The van der Waals surface area contributed by atoms with E-state index in [1.54, 1.807) is 17.2 Å². The van der Waals surface area contributed by atoms with Gasteiger partial charge < -0.3 is 23.8 Å². The third kappa shape index (κ3) is 4.56. The molecule has 9 heteroatoms. The fraction of sp³-hybridized carbons (Fsp3) is 0.476. The first-order valence-corrected chi connectivity index (χ1v) is 11.2. The van der Waals surface area contributed by atoms with Crippen LogP contribution in [0.5, 0.6) is 11.5 Å². The highest BCUT2D eigenvalue weighted by atomic mass is 32.2. The van der Waals surface area contributed by atoms with Crippen LogP contribution in [0.3, 0.4) is 0 Å². The van der Waals surface area contributed by atoms with E-state index in [1.165, 1.54) is 11.8 Å². The summed E-state index contributed by atoms with van der Waals surface area (Å²) in [5.74, 6) is 1.59. The van der Waals surface area contributed by atoms with Gasteiger partial charge in [-0.05, 0) is 18.6 Å². The summed E-state index contributed by atoms with van der Waals surface area (Å²) in [5, 5.41) is 0.869. The Balaban J connectivity index is 1.25. The number of carbonyl (C=O) groups excluding carboxylic acids is 2. The third-order valence-electron chi connectivity index (χ3n) is 5.19. The maximum absolute atomic E-state index is 12.8. The standard InChI is InChI=1S/C21H26N4O4S/c1-2-8-25-9-7-22-21(25)30-15-19(26)23-10-12-24(13-11-23)20(27)18-14-28-16-5-3-4-6-17(16)29-18/h3-7,9,18H,2,8,10-15H2,1H3. The summed E-state index contributed by atoms with van der Waals surface area (Å²) >= 11 is 1.46. The van der Waals surface area contributed by atoms with Crippen LogP contribution < -0.4 is 9.47 Å². The Kier molecular flexibility index (Phi) is 6.47. The molecular formula is C21H26N4O4S. The van der Waals surface area contributed by atoms with Crippen molar-refractivity contribution in [3.63, 3.8) is 0 Å². The zero-order valence-corrected chi connectivity index (χ0v) is 17.8. The number of aryl methyl sites for hydroxylation is 1. The number of imidazole rings is 1. The number of thioether (sulfide) groups is 1. The van der Waals surface area contributed by atoms with Gasteiger partial charge in [-0.2, -0.15) is 0 Å². The largest absolute Gasteiger partial charge is 0.485 e. The molecule has 1 aromatic carbocycles. The quantitative estimate of drug-likeness (QED) is 0.652. The van der Waals surface area contributed by atoms with Crippen molar-refractivity contribution in [1.82, 2.24) is 19.4 Å². The van der Waals surface area contributed by atoms with Crippen molar-refractivity contribution in [1.29, 1.82) is 0 Å². The van der Waals surface area contributed by atoms with Crippen LogP contribution in [0.15, 0.2) is 41.8 Å². The van der Waals surface area contributed by atoms with Crippen LogP contribution in [0, 0.1) is 0 Å². The summed E-state index contributed by atoms with van der Waals surface area (Å²) < 4.78 is 13.5. The minimum atomic E-state index is -0.643. The smallest absolute Gasteiger partial charge is 0.267 e. The second-order valence-electron chi connectivity index (χ2n) is 7.26. The van der Waals surface area contributed by atoms with E-state index in [-0.39, 0.29) is 18.4 Å². The highest BCUT2D eigenvalue weighted by Crippen LogP contribution is 2.31. The first kappa shape index (κ1) is 20.6. The number of ether oxygens (including phenoxy) is 2. The van der Waals surface area contributed by atoms with Gasteiger partial charge in [-0.1, -0.05) is 30.8 Å². The van der Waals surface area contributed by atoms with E-state index >= 15 is 0 Å². The molecule has 2 aliphatic rings. The van der Waals surface area contributed by atoms with Crippen LogP contribution in [0.4, 0.5) is 0 Å². The maximum atomic E-state index is 12.8. The molecule has 1 atom stereocenters. The molecule has 0 saturated carbocycles. The zero-order valence-electron chi connectivity index (χ0n) is 17.0. The lowest BCUT2D eigenvalue weighted by Crippen LogP contribution is -2.55. The van der Waals surface area contributed by atoms with E-state index in [0.29, 0.717) is 43.4 Å². The summed E-state index contributed by atoms with van der Waals surface area (Å²) in [6.07, 6.45) is 4.09. The van der Waals surface area contributed by atoms with Gasteiger partial charge in [0.2, 0.25) is 12.0 Å². The van der Waals surface area contributed by atoms with Crippen LogP contribution in [0.25, 0.3) is 0 Å². The number of para-hydroxylation sites is 2. The summed E-state index contributed by atoms with van der Waals surface area (Å²) in [6, 6.07) is 7.35. The molecule has 1 aromatic heterocycles. The molecule has 0 spiro atoms. The van der Waals surface area contributed by atoms with Gasteiger partial charge in [-0.3, -0.25) is 9.59 Å². The molecular weight excluding hydrogens is 404 g/mol. The number of hydrogen-bond donors (Lipinski definition) is 0. The number of benzene rings is 1. The van der Waals surface area contributed by atoms with Crippen LogP contribution in [-0.4, -0.2) is 75.8 Å². The molecule has 30 heavy (non-hydrogen) atoms. The Hall–Kier alpha value is -2.68. The highest BCUT2D eigenvalue weighted by Gasteiger charge is 2.33. The Bertz CT molecular complexity index is 895. The average molecular weight is 431 g/mol. The summed E-state index contributed by atoms with van der Waals surface area (Å²) in [7, 11) is 0. The van der Waals surface area contributed by atoms with Crippen LogP contribution >= 0.6 is 11.8 Å². The Labute approximate surface area is 180 Å². The van der Waals surface area contributed by atoms with E-state index in [9.17, 15) is 9.59 Å². The normalized spacial score (nSPS) is 18.4. The molecule has 0 radical (unpaired) electrons. The molecule has 4 rings (SSSR count). The Morgan fingerprint density at radius 3 is 2.63 bits per heavy atom. The lowest BCUT2D eigenvalue weighted by Gasteiger charge is -2.37. The first-order valence-electron chi connectivity index (χ1n) is 10.2. The number of rotatable bonds is 6. The van der Waals surface area contributed by atoms with Gasteiger partial charge in [-0.25, -0.2) is 4.98 Å². The van der Waals surface area contributed by atoms with Gasteiger partial charge in [0, 0.05) is 45.1 Å². The predicted molar refractivity (Wildman–Crippen MR) is 113 cm³/mol. The summed E-state index contributed by atoms with van der Waals surface area (Å²) in [4.78, 5) is 33.3. The van der Waals surface area contributed by atoms with E-state index < -0.39 is 6.10 Å². The SMILES string of the molecule is CCCn1ccnc1SCC(=O)N1CCN(C(=O)C2COc3ccccc3O2)CC1. The third-order valence-corrected chi connectivity index (χ3v) is 6.18. The van der Waals surface area contributed by atoms with E-state index in [1.807, 2.05) is 29.3 Å². The highest BCUT2D eigenvalue weighted by molar-refractivity contribution is 7.99. The zero-order chi connectivity index (χ0) is 20.9. The Morgan fingerprint density at radius 2 is 1.87 bits per heavy atom. The van der Waals surface area contributed by atoms with Crippen molar-refractivity contribution in [3.05, 3.63) is 36.7 Å². The summed E-state index contributed by atoms with van der Waals surface area (Å²) in [5.41, 5.74) is 0. The van der Waals surface area contributed by atoms with E-state index in [2.05, 4.69) is 16.5 Å². The monoisotopic (exact) mass is 430 g/mol. The van der Waals surface area contributed by atoms with E-state index in [4.69, 9.17) is 9.47 Å². The van der Waals surface area contributed by atoms with Gasteiger partial charge in [-0.15, -0.1) is 0 Å². The fourth-order valence-corrected chi connectivity index (χ4v) is 4.47. The maximum Gasteiger partial charge on any atom is 0.267 e. The molecule has 1 fully saturated rings. The molecule has 2 aromatic rings. The molecule has 0 aliphatic carbocycles. The summed E-state index contributed by atoms with van der Waals surface area (Å²) in [6.45, 7) is 5.27. The molecule has 1 saturated heterocycles. The number of hydrogen-bond acceptors (Lipinski definition) is 6. The number of fused-ring (bicyclic) bond motifs is 1. The average Bonchev–Trinajstić information content (AvgIpc) is 3.24. The minimum absolute atomic E-state index is 0.0734. The fourth-order valence-electron chi connectivity index (χ4n) is 3.59. The second kappa shape index (κ2) is 9.42. The molecule has 0 bridgehead atoms. The van der Waals surface area contributed by atoms with Crippen molar-refractivity contribution in [2.45, 2.75) is 31.1 Å². The molecule has 3 heterocycles.